The first-order valence-electron chi connectivity index (χ1n) is 10.1. The van der Waals surface area contributed by atoms with Gasteiger partial charge in [-0.1, -0.05) is 102 Å². The van der Waals surface area contributed by atoms with Crippen molar-refractivity contribution in [2.75, 3.05) is 6.54 Å². The second kappa shape index (κ2) is 14.8. The molecule has 132 valence electrons. The molecule has 0 radical (unpaired) electrons. The largest absolute Gasteiger partial charge is 0.330 e. The summed E-state index contributed by atoms with van der Waals surface area (Å²) in [6.07, 6.45) is 19.3. The molecule has 0 aliphatic carbocycles. The molecule has 2 N–H and O–H groups in total. The van der Waals surface area contributed by atoms with Crippen molar-refractivity contribution in [2.45, 2.75) is 96.8 Å². The van der Waals surface area contributed by atoms with E-state index in [1.54, 1.807) is 0 Å². The second-order valence-corrected chi connectivity index (χ2v) is 6.99. The highest BCUT2D eigenvalue weighted by Gasteiger charge is 1.96. The molecule has 1 aromatic rings. The molecule has 0 spiro atoms. The molecule has 0 aromatic heterocycles. The van der Waals surface area contributed by atoms with E-state index in [0.29, 0.717) is 0 Å². The van der Waals surface area contributed by atoms with Gasteiger partial charge in [-0.05, 0) is 36.9 Å². The topological polar surface area (TPSA) is 26.0 Å². The van der Waals surface area contributed by atoms with Crippen LogP contribution in [-0.4, -0.2) is 6.54 Å². The Balaban J connectivity index is 1.87. The van der Waals surface area contributed by atoms with E-state index in [4.69, 9.17) is 5.73 Å². The molecular formula is C22H39N. The fourth-order valence-electron chi connectivity index (χ4n) is 3.21. The molecule has 0 fully saturated rings. The van der Waals surface area contributed by atoms with E-state index in [2.05, 4.69) is 31.2 Å². The van der Waals surface area contributed by atoms with Crippen molar-refractivity contribution in [2.24, 2.45) is 5.73 Å². The van der Waals surface area contributed by atoms with Crippen molar-refractivity contribution in [3.05, 3.63) is 35.4 Å². The predicted molar refractivity (Wildman–Crippen MR) is 104 cm³/mol. The fraction of sp³-hybridized carbons (Fsp3) is 0.727. The van der Waals surface area contributed by atoms with Crippen molar-refractivity contribution < 1.29 is 0 Å². The number of unbranched alkanes of at least 4 members (excludes halogenated alkanes) is 11. The summed E-state index contributed by atoms with van der Waals surface area (Å²) in [6, 6.07) is 9.04. The van der Waals surface area contributed by atoms with E-state index >= 15 is 0 Å². The lowest BCUT2D eigenvalue weighted by Gasteiger charge is -2.04. The SMILES string of the molecule is CCCCCCCCCCCCCCc1ccc(CCN)cc1. The molecule has 23 heavy (non-hydrogen) atoms. The van der Waals surface area contributed by atoms with Crippen molar-refractivity contribution >= 4 is 0 Å². The van der Waals surface area contributed by atoms with E-state index in [1.807, 2.05) is 0 Å². The van der Waals surface area contributed by atoms with Crippen LogP contribution in [0.1, 0.15) is 95.1 Å². The third-order valence-electron chi connectivity index (χ3n) is 4.77. The van der Waals surface area contributed by atoms with Gasteiger partial charge in [0, 0.05) is 0 Å². The lowest BCUT2D eigenvalue weighted by molar-refractivity contribution is 0.544. The Morgan fingerprint density at radius 2 is 0.957 bits per heavy atom. The maximum Gasteiger partial charge on any atom is -0.00367 e. The van der Waals surface area contributed by atoms with Gasteiger partial charge in [-0.15, -0.1) is 0 Å². The smallest absolute Gasteiger partial charge is 0.00367 e. The zero-order chi connectivity index (χ0) is 16.6. The van der Waals surface area contributed by atoms with Crippen molar-refractivity contribution in [1.29, 1.82) is 0 Å². The van der Waals surface area contributed by atoms with Gasteiger partial charge in [0.1, 0.15) is 0 Å². The monoisotopic (exact) mass is 317 g/mol. The molecule has 0 aliphatic rings. The van der Waals surface area contributed by atoms with E-state index in [1.165, 1.54) is 94.6 Å². The standard InChI is InChI=1S/C22H39N/c1-2-3-4-5-6-7-8-9-10-11-12-13-14-21-15-17-22(18-16-21)19-20-23/h15-18H,2-14,19-20,23H2,1H3. The Morgan fingerprint density at radius 1 is 0.565 bits per heavy atom. The van der Waals surface area contributed by atoms with Gasteiger partial charge in [0.05, 0.1) is 0 Å². The average molecular weight is 318 g/mol. The number of aryl methyl sites for hydroxylation is 1. The first-order chi connectivity index (χ1) is 11.4. The summed E-state index contributed by atoms with van der Waals surface area (Å²) < 4.78 is 0. The van der Waals surface area contributed by atoms with Gasteiger partial charge < -0.3 is 5.73 Å². The summed E-state index contributed by atoms with van der Waals surface area (Å²) in [5.41, 5.74) is 8.43. The van der Waals surface area contributed by atoms with E-state index in [9.17, 15) is 0 Å². The highest BCUT2D eigenvalue weighted by Crippen LogP contribution is 2.13. The highest BCUT2D eigenvalue weighted by atomic mass is 14.5. The first kappa shape index (κ1) is 20.2. The Hall–Kier alpha value is -0.820. The quantitative estimate of drug-likeness (QED) is 0.370. The van der Waals surface area contributed by atoms with E-state index in [0.717, 1.165) is 13.0 Å². The average Bonchev–Trinajstić information content (AvgIpc) is 2.57. The van der Waals surface area contributed by atoms with E-state index < -0.39 is 0 Å². The summed E-state index contributed by atoms with van der Waals surface area (Å²) in [5, 5.41) is 0. The van der Waals surface area contributed by atoms with Crippen LogP contribution in [0.4, 0.5) is 0 Å². The number of nitrogens with two attached hydrogens (primary N) is 1. The summed E-state index contributed by atoms with van der Waals surface area (Å²) in [5.74, 6) is 0. The molecular weight excluding hydrogens is 278 g/mol. The number of benzene rings is 1. The van der Waals surface area contributed by atoms with Gasteiger partial charge in [-0.3, -0.25) is 0 Å². The molecule has 0 atom stereocenters. The van der Waals surface area contributed by atoms with Crippen LogP contribution >= 0.6 is 0 Å². The summed E-state index contributed by atoms with van der Waals surface area (Å²) in [6.45, 7) is 3.04. The Morgan fingerprint density at radius 3 is 1.39 bits per heavy atom. The van der Waals surface area contributed by atoms with Crippen LogP contribution in [0.3, 0.4) is 0 Å². The highest BCUT2D eigenvalue weighted by molar-refractivity contribution is 5.22. The number of hydrogen-bond acceptors (Lipinski definition) is 1. The fourth-order valence-corrected chi connectivity index (χ4v) is 3.21. The summed E-state index contributed by atoms with van der Waals surface area (Å²) >= 11 is 0. The van der Waals surface area contributed by atoms with Crippen LogP contribution in [0.5, 0.6) is 0 Å². The minimum absolute atomic E-state index is 0.748. The Labute approximate surface area is 145 Å². The van der Waals surface area contributed by atoms with E-state index in [-0.39, 0.29) is 0 Å². The summed E-state index contributed by atoms with van der Waals surface area (Å²) in [7, 11) is 0. The second-order valence-electron chi connectivity index (χ2n) is 6.99. The molecule has 1 heteroatoms. The van der Waals surface area contributed by atoms with Crippen LogP contribution in [0.15, 0.2) is 24.3 Å². The zero-order valence-electron chi connectivity index (χ0n) is 15.5. The third-order valence-corrected chi connectivity index (χ3v) is 4.77. The molecule has 0 saturated carbocycles. The first-order valence-corrected chi connectivity index (χ1v) is 10.1. The molecule has 0 amide bonds. The molecule has 0 bridgehead atoms. The van der Waals surface area contributed by atoms with Crippen molar-refractivity contribution in [1.82, 2.24) is 0 Å². The van der Waals surface area contributed by atoms with Crippen LogP contribution in [0.25, 0.3) is 0 Å². The molecule has 0 heterocycles. The minimum atomic E-state index is 0.748. The van der Waals surface area contributed by atoms with Gasteiger partial charge in [-0.25, -0.2) is 0 Å². The normalized spacial score (nSPS) is 11.0. The van der Waals surface area contributed by atoms with Gasteiger partial charge in [0.25, 0.3) is 0 Å². The molecule has 0 unspecified atom stereocenters. The molecule has 0 saturated heterocycles. The van der Waals surface area contributed by atoms with Crippen LogP contribution in [-0.2, 0) is 12.8 Å². The maximum absolute atomic E-state index is 5.58. The zero-order valence-corrected chi connectivity index (χ0v) is 15.5. The van der Waals surface area contributed by atoms with Crippen molar-refractivity contribution in [3.8, 4) is 0 Å². The van der Waals surface area contributed by atoms with Gasteiger partial charge in [0.2, 0.25) is 0 Å². The number of hydrogen-bond donors (Lipinski definition) is 1. The Kier molecular flexibility index (Phi) is 13.0. The maximum atomic E-state index is 5.58. The number of rotatable bonds is 15. The lowest BCUT2D eigenvalue weighted by atomic mass is 10.0. The van der Waals surface area contributed by atoms with Crippen LogP contribution in [0, 0.1) is 0 Å². The predicted octanol–water partition coefficient (Wildman–Crippen LogP) is 6.43. The third kappa shape index (κ3) is 11.4. The molecule has 1 aromatic carbocycles. The van der Waals surface area contributed by atoms with Gasteiger partial charge in [0.15, 0.2) is 0 Å². The van der Waals surface area contributed by atoms with Gasteiger partial charge >= 0.3 is 0 Å². The molecule has 0 aliphatic heterocycles. The minimum Gasteiger partial charge on any atom is -0.330 e. The lowest BCUT2D eigenvalue weighted by Crippen LogP contribution is -2.02. The summed E-state index contributed by atoms with van der Waals surface area (Å²) in [4.78, 5) is 0. The molecule has 1 rings (SSSR count). The van der Waals surface area contributed by atoms with Gasteiger partial charge in [-0.2, -0.15) is 0 Å². The van der Waals surface area contributed by atoms with Crippen LogP contribution in [0.2, 0.25) is 0 Å². The molecule has 1 nitrogen and oxygen atoms in total. The van der Waals surface area contributed by atoms with Crippen molar-refractivity contribution in [3.63, 3.8) is 0 Å². The van der Waals surface area contributed by atoms with Crippen LogP contribution < -0.4 is 5.73 Å². The Bertz CT molecular complexity index is 355.